The minimum absolute atomic E-state index is 0.0716. The Hall–Kier alpha value is -3.38. The van der Waals surface area contributed by atoms with Gasteiger partial charge in [-0.1, -0.05) is 58.2 Å². The Balaban J connectivity index is 1.64. The van der Waals surface area contributed by atoms with Crippen molar-refractivity contribution in [3.05, 3.63) is 53.6 Å². The molecule has 0 bridgehead atoms. The Morgan fingerprint density at radius 3 is 2.33 bits per heavy atom. The fraction of sp³-hybridized carbons (Fsp3) is 0.682. The lowest BCUT2D eigenvalue weighted by atomic mass is 9.62. The molecule has 2 heterocycles. The second-order valence-electron chi connectivity index (χ2n) is 15.9. The standard InChI is InChI=1S/C44H66N2O9/c1-7-36(33-15-11-16-35(28-33)54-26-23-45-21-24-53-25-22-45)44(43(48)49)37(34-18-19-38(51-5)39(29-34)52-6)17-12-20-46(44)42(47)41(32-13-9-8-10-14-32)40(27-31(2)3)55-30-50-4/h11,15-16,18-19,28-29,31-32,36-37,40-41H,7-10,12-14,17,20-27,30H2,1-6H3,(H,48,49)/t36?,37-,40-,41+,44+/m1/s1. The second-order valence-corrected chi connectivity index (χ2v) is 15.9. The quantitative estimate of drug-likeness (QED) is 0.145. The number of amides is 1. The van der Waals surface area contributed by atoms with Crippen LogP contribution in [0.1, 0.15) is 102 Å². The Kier molecular flexibility index (Phi) is 16.1. The maximum atomic E-state index is 15.8. The second kappa shape index (κ2) is 20.7. The van der Waals surface area contributed by atoms with Crippen molar-refractivity contribution < 1.29 is 43.1 Å². The molecule has 1 saturated carbocycles. The van der Waals surface area contributed by atoms with Crippen molar-refractivity contribution in [1.82, 2.24) is 9.80 Å². The van der Waals surface area contributed by atoms with Crippen LogP contribution in [0.5, 0.6) is 17.2 Å². The minimum atomic E-state index is -1.63. The van der Waals surface area contributed by atoms with E-state index in [1.807, 2.05) is 49.4 Å². The van der Waals surface area contributed by atoms with Gasteiger partial charge in [0, 0.05) is 45.1 Å². The third-order valence-corrected chi connectivity index (χ3v) is 12.2. The van der Waals surface area contributed by atoms with E-state index >= 15 is 4.79 Å². The van der Waals surface area contributed by atoms with Crippen molar-refractivity contribution in [1.29, 1.82) is 0 Å². The van der Waals surface area contributed by atoms with Crippen molar-refractivity contribution in [2.24, 2.45) is 17.8 Å². The zero-order chi connectivity index (χ0) is 39.4. The number of benzene rings is 2. The summed E-state index contributed by atoms with van der Waals surface area (Å²) in [5.41, 5.74) is 0.00663. The van der Waals surface area contributed by atoms with Crippen LogP contribution in [-0.4, -0.2) is 113 Å². The predicted octanol–water partition coefficient (Wildman–Crippen LogP) is 7.37. The fourth-order valence-electron chi connectivity index (χ4n) is 9.69. The predicted molar refractivity (Wildman–Crippen MR) is 212 cm³/mol. The van der Waals surface area contributed by atoms with Gasteiger partial charge in [-0.25, -0.2) is 4.79 Å². The van der Waals surface area contributed by atoms with Crippen LogP contribution in [0.15, 0.2) is 42.5 Å². The van der Waals surface area contributed by atoms with Crippen molar-refractivity contribution >= 4 is 11.9 Å². The van der Waals surface area contributed by atoms with E-state index in [9.17, 15) is 9.90 Å². The molecular formula is C44H66N2O9. The number of likely N-dealkylation sites (tertiary alicyclic amines) is 1. The van der Waals surface area contributed by atoms with Crippen LogP contribution in [0.25, 0.3) is 0 Å². The molecule has 0 radical (unpaired) electrons. The van der Waals surface area contributed by atoms with Crippen molar-refractivity contribution in [3.63, 3.8) is 0 Å². The molecule has 5 rings (SSSR count). The highest BCUT2D eigenvalue weighted by molar-refractivity contribution is 5.91. The number of piperidine rings is 1. The van der Waals surface area contributed by atoms with E-state index in [-0.39, 0.29) is 24.5 Å². The molecule has 2 aromatic rings. The van der Waals surface area contributed by atoms with Gasteiger partial charge in [-0.05, 0) is 85.8 Å². The van der Waals surface area contributed by atoms with Crippen molar-refractivity contribution in [2.45, 2.75) is 102 Å². The van der Waals surface area contributed by atoms with E-state index in [0.717, 1.165) is 76.1 Å². The summed E-state index contributed by atoms with van der Waals surface area (Å²) >= 11 is 0. The molecule has 1 N–H and O–H groups in total. The summed E-state index contributed by atoms with van der Waals surface area (Å²) in [4.78, 5) is 34.5. The topological polar surface area (TPSA) is 116 Å². The number of nitrogens with zero attached hydrogens (tertiary/aromatic N) is 2. The van der Waals surface area contributed by atoms with E-state index in [2.05, 4.69) is 18.7 Å². The van der Waals surface area contributed by atoms with E-state index in [1.54, 1.807) is 26.2 Å². The SMILES string of the molecule is CCC(c1cccc(OCCN2CCOCC2)c1)[C@@]1(C(=O)O)[C@@H](c2ccc(OC)c(OC)c2)CCCN1C(=O)[C@@H](C1CCCCC1)[C@@H](CC(C)C)OCOC. The number of morpholine rings is 1. The molecule has 0 aromatic heterocycles. The van der Waals surface area contributed by atoms with E-state index in [4.69, 9.17) is 28.4 Å². The summed E-state index contributed by atoms with van der Waals surface area (Å²) in [6.45, 7) is 11.2. The first kappa shape index (κ1) is 42.8. The van der Waals surface area contributed by atoms with E-state index < -0.39 is 35.4 Å². The smallest absolute Gasteiger partial charge is 0.330 e. The Labute approximate surface area is 328 Å². The summed E-state index contributed by atoms with van der Waals surface area (Å²) < 4.78 is 35.0. The van der Waals surface area contributed by atoms with Gasteiger partial charge in [-0.3, -0.25) is 9.69 Å². The zero-order valence-corrected chi connectivity index (χ0v) is 34.1. The van der Waals surface area contributed by atoms with Gasteiger partial charge in [0.1, 0.15) is 19.1 Å². The van der Waals surface area contributed by atoms with Gasteiger partial charge in [0.25, 0.3) is 0 Å². The van der Waals surface area contributed by atoms with Gasteiger partial charge in [0.15, 0.2) is 17.0 Å². The van der Waals surface area contributed by atoms with Crippen LogP contribution in [0.2, 0.25) is 0 Å². The number of carbonyl (C=O) groups is 2. The van der Waals surface area contributed by atoms with Crippen LogP contribution in [0.4, 0.5) is 0 Å². The largest absolute Gasteiger partial charge is 0.493 e. The summed E-state index contributed by atoms with van der Waals surface area (Å²) in [6, 6.07) is 13.5. The third kappa shape index (κ3) is 9.96. The molecule has 1 aliphatic carbocycles. The number of hydrogen-bond donors (Lipinski definition) is 1. The van der Waals surface area contributed by atoms with Crippen LogP contribution >= 0.6 is 0 Å². The van der Waals surface area contributed by atoms with Crippen LogP contribution < -0.4 is 14.2 Å². The minimum Gasteiger partial charge on any atom is -0.493 e. The average molecular weight is 767 g/mol. The van der Waals surface area contributed by atoms with Crippen LogP contribution in [-0.2, 0) is 23.8 Å². The lowest BCUT2D eigenvalue weighted by Crippen LogP contribution is -2.67. The molecule has 0 spiro atoms. The van der Waals surface area contributed by atoms with E-state index in [0.29, 0.717) is 56.1 Å². The van der Waals surface area contributed by atoms with Gasteiger partial charge in [-0.15, -0.1) is 0 Å². The number of aliphatic carboxylic acids is 1. The van der Waals surface area contributed by atoms with Gasteiger partial charge in [0.2, 0.25) is 5.91 Å². The summed E-state index contributed by atoms with van der Waals surface area (Å²) in [5.74, 6) is -0.633. The first-order chi connectivity index (χ1) is 26.7. The van der Waals surface area contributed by atoms with Gasteiger partial charge in [-0.2, -0.15) is 0 Å². The first-order valence-corrected chi connectivity index (χ1v) is 20.6. The highest BCUT2D eigenvalue weighted by Gasteiger charge is 2.61. The number of ether oxygens (including phenoxy) is 6. The average Bonchev–Trinajstić information content (AvgIpc) is 3.20. The molecule has 11 nitrogen and oxygen atoms in total. The van der Waals surface area contributed by atoms with Gasteiger partial charge >= 0.3 is 5.97 Å². The van der Waals surface area contributed by atoms with Crippen molar-refractivity contribution in [3.8, 4) is 17.2 Å². The molecule has 306 valence electrons. The molecule has 5 atom stereocenters. The fourth-order valence-corrected chi connectivity index (χ4v) is 9.69. The number of carbonyl (C=O) groups excluding carboxylic acids is 1. The molecule has 3 aliphatic rings. The molecule has 11 heteroatoms. The monoisotopic (exact) mass is 766 g/mol. The summed E-state index contributed by atoms with van der Waals surface area (Å²) in [6.07, 6.45) is 7.04. The Morgan fingerprint density at radius 2 is 1.67 bits per heavy atom. The van der Waals surface area contributed by atoms with Gasteiger partial charge in [0.05, 0.1) is 39.5 Å². The van der Waals surface area contributed by atoms with Crippen molar-refractivity contribution in [2.75, 3.05) is 74.1 Å². The zero-order valence-electron chi connectivity index (χ0n) is 34.1. The number of methoxy groups -OCH3 is 3. The number of hydrogen-bond acceptors (Lipinski definition) is 9. The Morgan fingerprint density at radius 1 is 0.927 bits per heavy atom. The molecule has 1 unspecified atom stereocenters. The highest BCUT2D eigenvalue weighted by atomic mass is 16.7. The molecule has 2 saturated heterocycles. The molecule has 3 fully saturated rings. The van der Waals surface area contributed by atoms with E-state index in [1.165, 1.54) is 0 Å². The highest BCUT2D eigenvalue weighted by Crippen LogP contribution is 2.53. The lowest BCUT2D eigenvalue weighted by Gasteiger charge is -2.55. The molecular weight excluding hydrogens is 700 g/mol. The first-order valence-electron chi connectivity index (χ1n) is 20.6. The lowest BCUT2D eigenvalue weighted by molar-refractivity contribution is -0.177. The number of carboxylic acid groups (broad SMARTS) is 1. The Bertz CT molecular complexity index is 1510. The molecule has 2 aromatic carbocycles. The summed E-state index contributed by atoms with van der Waals surface area (Å²) in [7, 11) is 4.78. The maximum absolute atomic E-state index is 15.8. The summed E-state index contributed by atoms with van der Waals surface area (Å²) in [5, 5.41) is 12.0. The molecule has 2 aliphatic heterocycles. The normalized spacial score (nSPS) is 22.9. The van der Waals surface area contributed by atoms with Crippen LogP contribution in [0.3, 0.4) is 0 Å². The molecule has 1 amide bonds. The maximum Gasteiger partial charge on any atom is 0.330 e. The molecule has 55 heavy (non-hydrogen) atoms. The third-order valence-electron chi connectivity index (χ3n) is 12.2. The number of rotatable bonds is 19. The van der Waals surface area contributed by atoms with Crippen LogP contribution in [0, 0.1) is 17.8 Å². The number of carboxylic acids is 1. The van der Waals surface area contributed by atoms with Gasteiger partial charge < -0.3 is 38.4 Å².